The molecule has 1 saturated heterocycles. The first-order valence-corrected chi connectivity index (χ1v) is 20.7. The Morgan fingerprint density at radius 2 is 1.84 bits per heavy atom. The molecule has 0 aliphatic carbocycles. The molecule has 3 aromatic heterocycles. The zero-order valence-corrected chi connectivity index (χ0v) is 34.2. The minimum Gasteiger partial charge on any atom is -0.491 e. The third kappa shape index (κ3) is 9.76. The number of ketones is 1. The van der Waals surface area contributed by atoms with E-state index in [4.69, 9.17) is 4.74 Å². The van der Waals surface area contributed by atoms with Gasteiger partial charge in [0.25, 0.3) is 0 Å². The summed E-state index contributed by atoms with van der Waals surface area (Å²) in [5.74, 6) is 5.90. The number of nitrogens with one attached hydrogen (secondary N) is 1. The lowest BCUT2D eigenvalue weighted by Gasteiger charge is -2.34. The molecule has 2 aliphatic heterocycles. The topological polar surface area (TPSA) is 157 Å². The average molecular weight is 826 g/mol. The van der Waals surface area contributed by atoms with E-state index in [1.165, 1.54) is 24.3 Å². The van der Waals surface area contributed by atoms with E-state index in [2.05, 4.69) is 42.2 Å². The number of piperazine rings is 1. The van der Waals surface area contributed by atoms with Crippen molar-refractivity contribution < 1.29 is 28.6 Å². The number of hydrogen-bond donors (Lipinski definition) is 2. The van der Waals surface area contributed by atoms with E-state index in [0.717, 1.165) is 39.3 Å². The molecule has 0 unspecified atom stereocenters. The van der Waals surface area contributed by atoms with Gasteiger partial charge in [0.05, 0.1) is 36.5 Å². The van der Waals surface area contributed by atoms with Crippen LogP contribution < -0.4 is 15.0 Å². The van der Waals surface area contributed by atoms with Gasteiger partial charge in [-0.25, -0.2) is 19.2 Å². The van der Waals surface area contributed by atoms with Crippen molar-refractivity contribution in [2.45, 2.75) is 39.5 Å². The van der Waals surface area contributed by atoms with Crippen molar-refractivity contribution in [3.05, 3.63) is 75.5 Å². The summed E-state index contributed by atoms with van der Waals surface area (Å²) in [5, 5.41) is 23.7. The lowest BCUT2D eigenvalue weighted by atomic mass is 10.0. The molecule has 5 aromatic rings. The Labute approximate surface area is 343 Å². The maximum atomic E-state index is 15.0. The zero-order chi connectivity index (χ0) is 40.8. The molecule has 2 N–H and O–H groups in total. The molecule has 5 heterocycles. The predicted octanol–water partition coefficient (Wildman–Crippen LogP) is 5.54. The molecule has 7 rings (SSSR count). The van der Waals surface area contributed by atoms with Crippen LogP contribution in [0.2, 0.25) is 0 Å². The van der Waals surface area contributed by atoms with Crippen LogP contribution >= 0.6 is 22.7 Å². The predicted molar refractivity (Wildman–Crippen MR) is 222 cm³/mol. The first-order valence-electron chi connectivity index (χ1n) is 19.1. The number of benzene rings is 2. The Hall–Kier alpha value is -5.54. The molecule has 0 bridgehead atoms. The van der Waals surface area contributed by atoms with E-state index in [1.54, 1.807) is 40.3 Å². The van der Waals surface area contributed by atoms with Crippen molar-refractivity contribution in [2.75, 3.05) is 76.2 Å². The van der Waals surface area contributed by atoms with Crippen LogP contribution in [0.5, 0.6) is 5.75 Å². The number of aromatic carboxylic acids is 1. The number of fused-ring (bicyclic) bond motifs is 2. The van der Waals surface area contributed by atoms with Gasteiger partial charge in [0, 0.05) is 54.3 Å². The minimum absolute atomic E-state index is 0.00499. The minimum atomic E-state index is -1.11. The number of aromatic nitrogens is 4. The first-order chi connectivity index (χ1) is 28.0. The molecule has 2 aliphatic rings. The number of amides is 1. The molecular formula is C41H44FN9O5S2. The standard InChI is InChI=1S/C41H44FN9O5S2/c1-26(52)24-48(3)25-35(53)50-20-18-49(19-21-50)16-6-9-28-14-15-32(30(42)23-28)56-22-8-13-34-36(39(54)55)44-41(58-34)51-17-7-10-29-27(2)37(46-47-38(29)51)45-40-43-31-11-4-5-12-33(31)57-40/h4-5,11-12,14-15,23H,7-8,10,13,16-22,24-25H2,1-3H3,(H,54,55)(H,43,45,46). The lowest BCUT2D eigenvalue weighted by Crippen LogP contribution is -2.51. The number of carboxylic acid groups (broad SMARTS) is 1. The van der Waals surface area contributed by atoms with Crippen molar-refractivity contribution in [3.8, 4) is 17.6 Å². The van der Waals surface area contributed by atoms with Crippen LogP contribution in [0, 0.1) is 24.6 Å². The second kappa shape index (κ2) is 18.4. The summed E-state index contributed by atoms with van der Waals surface area (Å²) in [5.41, 5.74) is 3.42. The van der Waals surface area contributed by atoms with Gasteiger partial charge >= 0.3 is 5.97 Å². The summed E-state index contributed by atoms with van der Waals surface area (Å²) in [6.07, 6.45) is 2.48. The van der Waals surface area contributed by atoms with E-state index < -0.39 is 11.8 Å². The molecule has 14 nitrogen and oxygen atoms in total. The first kappa shape index (κ1) is 40.6. The molecule has 0 radical (unpaired) electrons. The Kier molecular flexibility index (Phi) is 12.9. The molecule has 58 heavy (non-hydrogen) atoms. The van der Waals surface area contributed by atoms with E-state index in [-0.39, 0.29) is 42.8 Å². The number of carbonyl (C=O) groups excluding carboxylic acids is 2. The summed E-state index contributed by atoms with van der Waals surface area (Å²) < 4.78 is 21.8. The maximum absolute atomic E-state index is 15.0. The van der Waals surface area contributed by atoms with Gasteiger partial charge in [-0.3, -0.25) is 19.4 Å². The number of thiazole rings is 2. The number of hydrogen-bond acceptors (Lipinski definition) is 14. The number of aryl methyl sites for hydroxylation is 1. The van der Waals surface area contributed by atoms with E-state index in [0.29, 0.717) is 79.3 Å². The summed E-state index contributed by atoms with van der Waals surface area (Å²) in [6.45, 7) is 7.81. The second-order valence-corrected chi connectivity index (χ2v) is 16.4. The smallest absolute Gasteiger partial charge is 0.355 e. The van der Waals surface area contributed by atoms with Crippen molar-refractivity contribution in [1.29, 1.82) is 0 Å². The summed E-state index contributed by atoms with van der Waals surface area (Å²) in [4.78, 5) is 53.5. The van der Waals surface area contributed by atoms with Crippen molar-refractivity contribution in [1.82, 2.24) is 34.9 Å². The maximum Gasteiger partial charge on any atom is 0.355 e. The number of rotatable bonds is 14. The summed E-state index contributed by atoms with van der Waals surface area (Å²) in [6, 6.07) is 12.5. The zero-order valence-electron chi connectivity index (χ0n) is 32.6. The largest absolute Gasteiger partial charge is 0.491 e. The molecular weight excluding hydrogens is 782 g/mol. The fourth-order valence-corrected chi connectivity index (χ4v) is 8.98. The number of likely N-dealkylation sites (N-methyl/N-ethyl adjacent to an activating group) is 1. The van der Waals surface area contributed by atoms with Gasteiger partial charge in [-0.1, -0.05) is 35.3 Å². The van der Waals surface area contributed by atoms with Gasteiger partial charge in [0.2, 0.25) is 5.91 Å². The van der Waals surface area contributed by atoms with Crippen LogP contribution in [0.1, 0.15) is 51.8 Å². The van der Waals surface area contributed by atoms with Gasteiger partial charge in [0.1, 0.15) is 5.78 Å². The monoisotopic (exact) mass is 825 g/mol. The number of nitrogens with zero attached hydrogens (tertiary/aromatic N) is 8. The fraction of sp³-hybridized carbons (Fsp3) is 0.390. The van der Waals surface area contributed by atoms with Gasteiger partial charge in [-0.05, 0) is 76.9 Å². The van der Waals surface area contributed by atoms with Crippen LogP contribution in [0.25, 0.3) is 10.2 Å². The summed E-state index contributed by atoms with van der Waals surface area (Å²) in [7, 11) is 1.76. The molecule has 2 aromatic carbocycles. The highest BCUT2D eigenvalue weighted by atomic mass is 32.1. The fourth-order valence-electron chi connectivity index (χ4n) is 6.99. The highest BCUT2D eigenvalue weighted by molar-refractivity contribution is 7.22. The van der Waals surface area contributed by atoms with Gasteiger partial charge in [-0.15, -0.1) is 21.5 Å². The highest BCUT2D eigenvalue weighted by Crippen LogP contribution is 2.39. The highest BCUT2D eigenvalue weighted by Gasteiger charge is 2.29. The summed E-state index contributed by atoms with van der Waals surface area (Å²) >= 11 is 2.86. The Bertz CT molecular complexity index is 2350. The molecule has 17 heteroatoms. The number of halogens is 1. The van der Waals surface area contributed by atoms with Crippen molar-refractivity contribution in [2.24, 2.45) is 0 Å². The third-order valence-electron chi connectivity index (χ3n) is 9.92. The number of carbonyl (C=O) groups is 3. The molecule has 0 atom stereocenters. The van der Waals surface area contributed by atoms with Crippen LogP contribution in [0.4, 0.5) is 26.3 Å². The number of carboxylic acids is 1. The third-order valence-corrected chi connectivity index (χ3v) is 12.0. The van der Waals surface area contributed by atoms with Crippen LogP contribution in [-0.2, 0) is 22.4 Å². The Morgan fingerprint density at radius 3 is 2.60 bits per heavy atom. The SMILES string of the molecule is CC(=O)CN(C)CC(=O)N1CCN(CC#Cc2ccc(OCCCc3sc(N4CCCc5c4nnc(Nc4nc6ccccc6s4)c5C)nc3C(=O)O)c(F)c2)CC1. The molecule has 1 fully saturated rings. The van der Waals surface area contributed by atoms with E-state index >= 15 is 0 Å². The number of anilines is 4. The molecule has 1 amide bonds. The number of para-hydroxylation sites is 1. The quantitative estimate of drug-likeness (QED) is 0.106. The van der Waals surface area contributed by atoms with Crippen LogP contribution in [0.3, 0.4) is 0 Å². The van der Waals surface area contributed by atoms with Gasteiger partial charge in [-0.2, -0.15) is 0 Å². The van der Waals surface area contributed by atoms with Crippen LogP contribution in [-0.4, -0.2) is 124 Å². The van der Waals surface area contributed by atoms with Crippen molar-refractivity contribution >= 4 is 72.4 Å². The van der Waals surface area contributed by atoms with E-state index in [1.807, 2.05) is 36.1 Å². The molecule has 0 spiro atoms. The normalized spacial score (nSPS) is 14.3. The van der Waals surface area contributed by atoms with E-state index in [9.17, 15) is 23.9 Å². The number of Topliss-reactive ketones (excluding diaryl/α,β-unsaturated/α-hetero) is 1. The molecule has 0 saturated carbocycles. The van der Waals surface area contributed by atoms with Crippen LogP contribution in [0.15, 0.2) is 42.5 Å². The van der Waals surface area contributed by atoms with Crippen molar-refractivity contribution in [3.63, 3.8) is 0 Å². The Balaban J connectivity index is 0.906. The molecule has 302 valence electrons. The lowest BCUT2D eigenvalue weighted by molar-refractivity contribution is -0.134. The van der Waals surface area contributed by atoms with Gasteiger partial charge in [0.15, 0.2) is 39.2 Å². The average Bonchev–Trinajstić information content (AvgIpc) is 3.82. The second-order valence-electron chi connectivity index (χ2n) is 14.3. The van der Waals surface area contributed by atoms with Gasteiger partial charge < -0.3 is 25.0 Å². The Morgan fingerprint density at radius 1 is 1.03 bits per heavy atom. The number of ether oxygens (including phenoxy) is 1.